The third kappa shape index (κ3) is 7.29. The van der Waals surface area contributed by atoms with Gasteiger partial charge in [-0.05, 0) is 51.4 Å². The van der Waals surface area contributed by atoms with E-state index in [1.54, 1.807) is 0 Å². The van der Waals surface area contributed by atoms with E-state index >= 15 is 0 Å². The van der Waals surface area contributed by atoms with Crippen LogP contribution < -0.4 is 10.6 Å². The molecular weight excluding hydrogens is 545 g/mol. The SMILES string of the molecule is CC(=O)O[C@@H]1CC2(NC(=O)COC3CCC(Cl)C(F)C3)CCC1(NC(=O)COC1CCC(Cl)C(F)C1)CC2. The van der Waals surface area contributed by atoms with Crippen LogP contribution >= 0.6 is 23.2 Å². The van der Waals surface area contributed by atoms with E-state index in [0.717, 1.165) is 0 Å². The average Bonchev–Trinajstić information content (AvgIpc) is 2.86. The first-order chi connectivity index (χ1) is 18.0. The largest absolute Gasteiger partial charge is 0.460 e. The maximum absolute atomic E-state index is 13.9. The highest BCUT2D eigenvalue weighted by atomic mass is 35.5. The minimum Gasteiger partial charge on any atom is -0.460 e. The van der Waals surface area contributed by atoms with Crippen molar-refractivity contribution in [1.29, 1.82) is 0 Å². The van der Waals surface area contributed by atoms with Gasteiger partial charge in [0.05, 0.1) is 28.5 Å². The Morgan fingerprint density at radius 3 is 1.79 bits per heavy atom. The molecule has 2 bridgehead atoms. The summed E-state index contributed by atoms with van der Waals surface area (Å²) >= 11 is 11.9. The van der Waals surface area contributed by atoms with Crippen molar-refractivity contribution >= 4 is 41.0 Å². The van der Waals surface area contributed by atoms with Crippen LogP contribution in [0.3, 0.4) is 0 Å². The molecule has 0 aliphatic heterocycles. The number of rotatable bonds is 9. The number of esters is 1. The molecule has 0 aromatic rings. The van der Waals surface area contributed by atoms with E-state index in [0.29, 0.717) is 57.8 Å². The number of hydrogen-bond donors (Lipinski definition) is 2. The molecule has 5 saturated carbocycles. The maximum atomic E-state index is 13.9. The lowest BCUT2D eigenvalue weighted by molar-refractivity contribution is -0.165. The van der Waals surface area contributed by atoms with Gasteiger partial charge in [-0.25, -0.2) is 8.78 Å². The number of ether oxygens (including phenoxy) is 3. The van der Waals surface area contributed by atoms with Gasteiger partial charge in [-0.3, -0.25) is 14.4 Å². The lowest BCUT2D eigenvalue weighted by Gasteiger charge is -2.57. The molecule has 0 saturated heterocycles. The van der Waals surface area contributed by atoms with Gasteiger partial charge >= 0.3 is 5.97 Å². The zero-order valence-electron chi connectivity index (χ0n) is 21.7. The molecule has 0 radical (unpaired) electrons. The van der Waals surface area contributed by atoms with Crippen molar-refractivity contribution < 1.29 is 37.4 Å². The third-order valence-electron chi connectivity index (χ3n) is 8.58. The summed E-state index contributed by atoms with van der Waals surface area (Å²) in [6, 6.07) is 0. The Bertz CT molecular complexity index is 875. The molecule has 5 aliphatic rings. The molecule has 0 aromatic heterocycles. The van der Waals surface area contributed by atoms with Crippen molar-refractivity contribution in [2.75, 3.05) is 13.2 Å². The van der Waals surface area contributed by atoms with E-state index in [2.05, 4.69) is 10.6 Å². The molecule has 6 unspecified atom stereocenters. The fourth-order valence-electron chi connectivity index (χ4n) is 6.41. The van der Waals surface area contributed by atoms with Gasteiger partial charge < -0.3 is 24.8 Å². The van der Waals surface area contributed by atoms with E-state index < -0.39 is 46.2 Å². The second kappa shape index (κ2) is 12.5. The van der Waals surface area contributed by atoms with Gasteiger partial charge in [0.1, 0.15) is 31.7 Å². The Morgan fingerprint density at radius 1 is 0.816 bits per heavy atom. The number of nitrogens with one attached hydrogen (secondary N) is 2. The van der Waals surface area contributed by atoms with E-state index in [9.17, 15) is 23.2 Å². The van der Waals surface area contributed by atoms with Crippen LogP contribution in [0.15, 0.2) is 0 Å². The summed E-state index contributed by atoms with van der Waals surface area (Å²) in [5.74, 6) is -1.13. The van der Waals surface area contributed by atoms with Crippen molar-refractivity contribution in [2.24, 2.45) is 0 Å². The lowest BCUT2D eigenvalue weighted by Crippen LogP contribution is -2.71. The number of amides is 2. The molecule has 0 aromatic carbocycles. The molecule has 2 N–H and O–H groups in total. The topological polar surface area (TPSA) is 103 Å². The zero-order chi connectivity index (χ0) is 27.5. The Kier molecular flexibility index (Phi) is 9.80. The normalized spacial score (nSPS) is 40.8. The van der Waals surface area contributed by atoms with Gasteiger partial charge in [0.2, 0.25) is 11.8 Å². The lowest BCUT2D eigenvalue weighted by atomic mass is 9.59. The molecule has 5 aliphatic carbocycles. The van der Waals surface area contributed by atoms with Crippen LogP contribution in [0.5, 0.6) is 0 Å². The fraction of sp³-hybridized carbons (Fsp3) is 0.885. The van der Waals surface area contributed by atoms with Crippen molar-refractivity contribution in [3.8, 4) is 0 Å². The first-order valence-electron chi connectivity index (χ1n) is 13.6. The van der Waals surface area contributed by atoms with Crippen LogP contribution in [-0.2, 0) is 28.6 Å². The first-order valence-corrected chi connectivity index (χ1v) is 14.5. The van der Waals surface area contributed by atoms with Crippen LogP contribution in [-0.4, -0.2) is 83.5 Å². The predicted octanol–water partition coefficient (Wildman–Crippen LogP) is 3.64. The summed E-state index contributed by atoms with van der Waals surface area (Å²) in [6.45, 7) is 0.909. The maximum Gasteiger partial charge on any atom is 0.302 e. The molecule has 2 amide bonds. The molecule has 7 atom stereocenters. The van der Waals surface area contributed by atoms with Gasteiger partial charge in [0, 0.05) is 31.7 Å². The second-order valence-corrected chi connectivity index (χ2v) is 12.5. The smallest absolute Gasteiger partial charge is 0.302 e. The molecule has 5 fully saturated rings. The third-order valence-corrected chi connectivity index (χ3v) is 9.57. The average molecular weight is 584 g/mol. The van der Waals surface area contributed by atoms with E-state index in [4.69, 9.17) is 37.4 Å². The Labute approximate surface area is 232 Å². The molecule has 0 spiro atoms. The highest BCUT2D eigenvalue weighted by Gasteiger charge is 2.57. The second-order valence-electron chi connectivity index (χ2n) is 11.4. The molecule has 216 valence electrons. The Morgan fingerprint density at radius 2 is 1.32 bits per heavy atom. The van der Waals surface area contributed by atoms with Gasteiger partial charge in [0.25, 0.3) is 0 Å². The fourth-order valence-corrected chi connectivity index (χ4v) is 6.87. The van der Waals surface area contributed by atoms with Gasteiger partial charge in [-0.2, -0.15) is 0 Å². The molecule has 12 heteroatoms. The quantitative estimate of drug-likeness (QED) is 0.318. The number of halogens is 4. The summed E-state index contributed by atoms with van der Waals surface area (Å²) < 4.78 is 44.7. The van der Waals surface area contributed by atoms with Gasteiger partial charge in [-0.15, -0.1) is 23.2 Å². The monoisotopic (exact) mass is 582 g/mol. The Hall–Kier alpha value is -1.23. The number of carbonyl (C=O) groups is 3. The van der Waals surface area contributed by atoms with E-state index in [-0.39, 0.29) is 50.1 Å². The minimum absolute atomic E-state index is 0.164. The van der Waals surface area contributed by atoms with E-state index in [1.165, 1.54) is 6.92 Å². The predicted molar refractivity (Wildman–Crippen MR) is 137 cm³/mol. The number of alkyl halides is 4. The van der Waals surface area contributed by atoms with Crippen LogP contribution in [0.4, 0.5) is 8.78 Å². The standard InChI is InChI=1S/C26H38Cl2F2N2O6/c1-15(33)38-22-12-25(31-23(34)13-36-16-2-4-18(27)20(29)10-16)6-8-26(22,9-7-25)32-24(35)14-37-17-3-5-19(28)21(30)11-17/h16-22H,2-14H2,1H3,(H,31,34)(H,32,35)/t16?,17?,18?,19?,20?,21?,22-,25?,26?/m1/s1. The number of fused-ring (bicyclic) bond motifs is 3. The van der Waals surface area contributed by atoms with Crippen molar-refractivity contribution in [2.45, 2.75) is 130 Å². The Balaban J connectivity index is 1.29. The molecule has 0 heterocycles. The molecular formula is C26H38Cl2F2N2O6. The van der Waals surface area contributed by atoms with Crippen molar-refractivity contribution in [1.82, 2.24) is 10.6 Å². The highest BCUT2D eigenvalue weighted by Crippen LogP contribution is 2.48. The van der Waals surface area contributed by atoms with Crippen LogP contribution in [0.2, 0.25) is 0 Å². The zero-order valence-corrected chi connectivity index (χ0v) is 23.2. The van der Waals surface area contributed by atoms with Crippen LogP contribution in [0, 0.1) is 0 Å². The summed E-state index contributed by atoms with van der Waals surface area (Å²) in [4.78, 5) is 37.5. The van der Waals surface area contributed by atoms with Crippen LogP contribution in [0.1, 0.15) is 77.6 Å². The van der Waals surface area contributed by atoms with Crippen molar-refractivity contribution in [3.05, 3.63) is 0 Å². The molecule has 38 heavy (non-hydrogen) atoms. The van der Waals surface area contributed by atoms with Crippen molar-refractivity contribution in [3.63, 3.8) is 0 Å². The first kappa shape index (κ1) is 29.7. The minimum atomic E-state index is -1.16. The van der Waals surface area contributed by atoms with E-state index in [1.807, 2.05) is 0 Å². The summed E-state index contributed by atoms with van der Waals surface area (Å²) in [6.07, 6.45) is 1.45. The molecule has 5 rings (SSSR count). The summed E-state index contributed by atoms with van der Waals surface area (Å²) in [5, 5.41) is 5.08. The highest BCUT2D eigenvalue weighted by molar-refractivity contribution is 6.21. The summed E-state index contributed by atoms with van der Waals surface area (Å²) in [5.41, 5.74) is -1.35. The van der Waals surface area contributed by atoms with Crippen LogP contribution in [0.25, 0.3) is 0 Å². The number of carbonyl (C=O) groups excluding carboxylic acids is 3. The summed E-state index contributed by atoms with van der Waals surface area (Å²) in [7, 11) is 0. The number of hydrogen-bond acceptors (Lipinski definition) is 6. The van der Waals surface area contributed by atoms with Gasteiger partial charge in [0.15, 0.2) is 0 Å². The molecule has 8 nitrogen and oxygen atoms in total. The van der Waals surface area contributed by atoms with Gasteiger partial charge in [-0.1, -0.05) is 0 Å².